The first-order valence-electron chi connectivity index (χ1n) is 13.6. The summed E-state index contributed by atoms with van der Waals surface area (Å²) in [7, 11) is 0. The molecule has 0 aromatic carbocycles. The highest BCUT2D eigenvalue weighted by atomic mass is 16.2. The van der Waals surface area contributed by atoms with Crippen LogP contribution in [0.4, 0.5) is 0 Å². The Morgan fingerprint density at radius 1 is 0.688 bits per heavy atom. The number of likely N-dealkylation sites (N-methyl/N-ethyl adjacent to an activating group) is 1. The Morgan fingerprint density at radius 2 is 1.31 bits per heavy atom. The lowest BCUT2D eigenvalue weighted by Crippen LogP contribution is -2.53. The van der Waals surface area contributed by atoms with Gasteiger partial charge in [0.05, 0.1) is 0 Å². The Balaban J connectivity index is 1.30. The molecule has 3 aliphatic heterocycles. The van der Waals surface area contributed by atoms with E-state index in [9.17, 15) is 9.59 Å². The first-order valence-corrected chi connectivity index (χ1v) is 13.6. The van der Waals surface area contributed by atoms with Crippen LogP contribution in [-0.2, 0) is 9.59 Å². The number of piperidine rings is 2. The van der Waals surface area contributed by atoms with Gasteiger partial charge in [-0.05, 0) is 51.7 Å². The molecule has 3 rings (SSSR count). The summed E-state index contributed by atoms with van der Waals surface area (Å²) in [5, 5.41) is 0. The van der Waals surface area contributed by atoms with Crippen LogP contribution in [0.3, 0.4) is 0 Å². The quantitative estimate of drug-likeness (QED) is 0.479. The van der Waals surface area contributed by atoms with Gasteiger partial charge in [0.15, 0.2) is 0 Å². The summed E-state index contributed by atoms with van der Waals surface area (Å²) in [5.74, 6) is 0.986. The van der Waals surface area contributed by atoms with Gasteiger partial charge in [-0.3, -0.25) is 9.59 Å². The lowest BCUT2D eigenvalue weighted by Gasteiger charge is -2.43. The highest BCUT2D eigenvalue weighted by molar-refractivity contribution is 5.79. The molecule has 0 spiro atoms. The fraction of sp³-hybridized carbons (Fsp3) is 0.923. The van der Waals surface area contributed by atoms with E-state index < -0.39 is 0 Å². The summed E-state index contributed by atoms with van der Waals surface area (Å²) >= 11 is 0. The van der Waals surface area contributed by atoms with Crippen molar-refractivity contribution in [1.82, 2.24) is 19.6 Å². The van der Waals surface area contributed by atoms with Crippen molar-refractivity contribution >= 4 is 11.8 Å². The van der Waals surface area contributed by atoms with Crippen LogP contribution >= 0.6 is 0 Å². The van der Waals surface area contributed by atoms with Crippen LogP contribution in [0.15, 0.2) is 0 Å². The second kappa shape index (κ2) is 13.5. The average molecular weight is 449 g/mol. The van der Waals surface area contributed by atoms with E-state index in [-0.39, 0.29) is 5.92 Å². The molecule has 32 heavy (non-hydrogen) atoms. The minimum atomic E-state index is 0.221. The minimum absolute atomic E-state index is 0.221. The normalized spacial score (nSPS) is 22.4. The first kappa shape index (κ1) is 25.5. The number of amides is 2. The molecule has 0 N–H and O–H groups in total. The van der Waals surface area contributed by atoms with Crippen LogP contribution < -0.4 is 0 Å². The fourth-order valence-electron chi connectivity index (χ4n) is 5.75. The zero-order valence-electron chi connectivity index (χ0n) is 20.9. The van der Waals surface area contributed by atoms with E-state index in [4.69, 9.17) is 0 Å². The van der Waals surface area contributed by atoms with Gasteiger partial charge in [0, 0.05) is 57.6 Å². The number of piperazine rings is 1. The van der Waals surface area contributed by atoms with Crippen molar-refractivity contribution < 1.29 is 9.59 Å². The van der Waals surface area contributed by atoms with Gasteiger partial charge in [0.25, 0.3) is 0 Å². The molecule has 3 saturated heterocycles. The summed E-state index contributed by atoms with van der Waals surface area (Å²) in [6.07, 6.45) is 12.4. The summed E-state index contributed by atoms with van der Waals surface area (Å²) in [6, 6.07) is 0.595. The third kappa shape index (κ3) is 7.44. The summed E-state index contributed by atoms with van der Waals surface area (Å²) in [5.41, 5.74) is 0. The molecular weight excluding hydrogens is 400 g/mol. The molecule has 6 nitrogen and oxygen atoms in total. The molecular formula is C26H48N4O2. The molecule has 2 amide bonds. The highest BCUT2D eigenvalue weighted by Crippen LogP contribution is 2.26. The van der Waals surface area contributed by atoms with Crippen molar-refractivity contribution in [3.8, 4) is 0 Å². The first-order chi connectivity index (χ1) is 15.6. The maximum Gasteiger partial charge on any atom is 0.225 e. The van der Waals surface area contributed by atoms with Crippen LogP contribution in [0.25, 0.3) is 0 Å². The highest BCUT2D eigenvalue weighted by Gasteiger charge is 2.33. The number of rotatable bonds is 10. The van der Waals surface area contributed by atoms with Crippen molar-refractivity contribution in [3.05, 3.63) is 0 Å². The Labute approximate surface area is 196 Å². The Hall–Kier alpha value is -1.14. The lowest BCUT2D eigenvalue weighted by atomic mass is 9.92. The Bertz CT molecular complexity index is 560. The summed E-state index contributed by atoms with van der Waals surface area (Å²) in [4.78, 5) is 34.7. The van der Waals surface area contributed by atoms with E-state index in [1.54, 1.807) is 0 Å². The monoisotopic (exact) mass is 448 g/mol. The van der Waals surface area contributed by atoms with Gasteiger partial charge < -0.3 is 19.6 Å². The van der Waals surface area contributed by atoms with E-state index in [1.165, 1.54) is 32.1 Å². The Morgan fingerprint density at radius 3 is 1.94 bits per heavy atom. The minimum Gasteiger partial charge on any atom is -0.343 e. The number of nitrogens with zero attached hydrogens (tertiary/aromatic N) is 4. The molecule has 184 valence electrons. The topological polar surface area (TPSA) is 47.1 Å². The fourth-order valence-corrected chi connectivity index (χ4v) is 5.75. The number of carbonyl (C=O) groups excluding carboxylic acids is 2. The second-order valence-corrected chi connectivity index (χ2v) is 10.2. The van der Waals surface area contributed by atoms with Gasteiger partial charge in [0.2, 0.25) is 11.8 Å². The molecule has 3 fully saturated rings. The zero-order chi connectivity index (χ0) is 22.8. The van der Waals surface area contributed by atoms with Crippen molar-refractivity contribution in [2.45, 2.75) is 90.5 Å². The largest absolute Gasteiger partial charge is 0.343 e. The molecule has 0 atom stereocenters. The molecule has 0 radical (unpaired) electrons. The van der Waals surface area contributed by atoms with Gasteiger partial charge >= 0.3 is 0 Å². The number of hydrogen-bond acceptors (Lipinski definition) is 4. The molecule has 6 heteroatoms. The van der Waals surface area contributed by atoms with E-state index in [0.717, 1.165) is 97.4 Å². The van der Waals surface area contributed by atoms with E-state index >= 15 is 0 Å². The number of likely N-dealkylation sites (tertiary alicyclic amines) is 2. The summed E-state index contributed by atoms with van der Waals surface area (Å²) < 4.78 is 0. The predicted molar refractivity (Wildman–Crippen MR) is 131 cm³/mol. The number of hydrogen-bond donors (Lipinski definition) is 0. The van der Waals surface area contributed by atoms with Gasteiger partial charge in [-0.15, -0.1) is 0 Å². The zero-order valence-corrected chi connectivity index (χ0v) is 20.9. The predicted octanol–water partition coefficient (Wildman–Crippen LogP) is 3.60. The maximum absolute atomic E-state index is 13.0. The van der Waals surface area contributed by atoms with Crippen LogP contribution in [0.5, 0.6) is 0 Å². The van der Waals surface area contributed by atoms with Crippen molar-refractivity contribution in [2.24, 2.45) is 5.92 Å². The summed E-state index contributed by atoms with van der Waals surface area (Å²) in [6.45, 7) is 13.3. The van der Waals surface area contributed by atoms with Gasteiger partial charge in [-0.25, -0.2) is 0 Å². The lowest BCUT2D eigenvalue weighted by molar-refractivity contribution is -0.139. The van der Waals surface area contributed by atoms with Crippen LogP contribution in [0, 0.1) is 5.92 Å². The standard InChI is InChI=1S/C26H48N4O2/c1-3-5-6-7-8-9-10-25(31)29-17-13-24(14-18-29)28-15-11-23(12-16-28)26(32)30-21-19-27(4-2)20-22-30/h23-24H,3-22H2,1-2H3. The second-order valence-electron chi connectivity index (χ2n) is 10.2. The smallest absolute Gasteiger partial charge is 0.225 e. The Kier molecular flexibility index (Phi) is 10.8. The molecule has 3 aliphatic rings. The van der Waals surface area contributed by atoms with Gasteiger partial charge in [-0.2, -0.15) is 0 Å². The van der Waals surface area contributed by atoms with Crippen LogP contribution in [-0.4, -0.2) is 96.4 Å². The number of unbranched alkanes of at least 4 members (excludes halogenated alkanes) is 5. The van der Waals surface area contributed by atoms with Gasteiger partial charge in [-0.1, -0.05) is 46.0 Å². The average Bonchev–Trinajstić information content (AvgIpc) is 2.86. The van der Waals surface area contributed by atoms with Crippen molar-refractivity contribution in [2.75, 3.05) is 58.9 Å². The SMILES string of the molecule is CCCCCCCCC(=O)N1CCC(N2CCC(C(=O)N3CCN(CC)CC3)CC2)CC1. The molecule has 0 aromatic heterocycles. The van der Waals surface area contributed by atoms with Crippen molar-refractivity contribution in [3.63, 3.8) is 0 Å². The third-order valence-electron chi connectivity index (χ3n) is 8.09. The van der Waals surface area contributed by atoms with E-state index in [1.807, 2.05) is 0 Å². The number of carbonyl (C=O) groups is 2. The van der Waals surface area contributed by atoms with E-state index in [2.05, 4.69) is 33.4 Å². The molecule has 0 unspecified atom stereocenters. The molecule has 0 saturated carbocycles. The van der Waals surface area contributed by atoms with E-state index in [0.29, 0.717) is 17.9 Å². The molecule has 0 aliphatic carbocycles. The van der Waals surface area contributed by atoms with Crippen LogP contribution in [0.1, 0.15) is 84.5 Å². The van der Waals surface area contributed by atoms with Crippen LogP contribution in [0.2, 0.25) is 0 Å². The molecule has 3 heterocycles. The van der Waals surface area contributed by atoms with Gasteiger partial charge in [0.1, 0.15) is 0 Å². The molecule has 0 bridgehead atoms. The van der Waals surface area contributed by atoms with Crippen molar-refractivity contribution in [1.29, 1.82) is 0 Å². The third-order valence-corrected chi connectivity index (χ3v) is 8.09. The molecule has 0 aromatic rings. The maximum atomic E-state index is 13.0.